The molecule has 10 heteroatoms. The summed E-state index contributed by atoms with van der Waals surface area (Å²) in [6, 6.07) is 8.63. The van der Waals surface area contributed by atoms with E-state index in [1.807, 2.05) is 0 Å². The molecule has 1 fully saturated rings. The third-order valence-corrected chi connectivity index (χ3v) is 5.58. The lowest BCUT2D eigenvalue weighted by atomic mass is 9.89. The third-order valence-electron chi connectivity index (χ3n) is 5.58. The molecule has 0 saturated carbocycles. The number of hydrogen-bond donors (Lipinski definition) is 6. The first-order chi connectivity index (χ1) is 15.3. The first-order valence-corrected chi connectivity index (χ1v) is 9.75. The average Bonchev–Trinajstić information content (AvgIpc) is 3.10. The van der Waals surface area contributed by atoms with Gasteiger partial charge in [-0.15, -0.1) is 0 Å². The highest BCUT2D eigenvalue weighted by atomic mass is 16.6. The zero-order valence-electron chi connectivity index (χ0n) is 16.9. The topological polar surface area (TPSA) is 166 Å². The van der Waals surface area contributed by atoms with Gasteiger partial charge in [0.1, 0.15) is 59.1 Å². The molecule has 2 heterocycles. The second kappa shape index (κ2) is 8.41. The van der Waals surface area contributed by atoms with E-state index in [4.69, 9.17) is 14.2 Å². The van der Waals surface area contributed by atoms with Crippen LogP contribution in [0.2, 0.25) is 0 Å². The van der Waals surface area contributed by atoms with E-state index in [0.29, 0.717) is 5.56 Å². The average molecular weight is 446 g/mol. The smallest absolute Gasteiger partial charge is 0.348 e. The molecule has 1 saturated heterocycles. The molecule has 170 valence electrons. The molecule has 5 atom stereocenters. The maximum atomic E-state index is 12.8. The van der Waals surface area contributed by atoms with Crippen LogP contribution in [0.4, 0.5) is 0 Å². The first-order valence-electron chi connectivity index (χ1n) is 9.75. The van der Waals surface area contributed by atoms with Crippen molar-refractivity contribution in [1.29, 1.82) is 0 Å². The zero-order chi connectivity index (χ0) is 23.2. The Morgan fingerprint density at radius 2 is 1.69 bits per heavy atom. The lowest BCUT2D eigenvalue weighted by Crippen LogP contribution is -2.55. The summed E-state index contributed by atoms with van der Waals surface area (Å²) in [6.07, 6.45) is -7.58. The minimum atomic E-state index is -1.68. The standard InChI is InChI=1S/C22H22O10/c1-30-19(9-2-4-10(24)5-3-9)14-11-6-7-12(25)15(20(11)32-22(14)29)21-18(28)17(27)16(26)13(8-23)31-21/h2-7,13,16-18,21,23-28H,8H2,1H3/b19-14-/t13-,16+,17-,18-,21-/m1/s1. The van der Waals surface area contributed by atoms with Crippen LogP contribution in [0.1, 0.15) is 22.8 Å². The summed E-state index contributed by atoms with van der Waals surface area (Å²) in [7, 11) is 1.36. The Morgan fingerprint density at radius 3 is 2.31 bits per heavy atom. The van der Waals surface area contributed by atoms with Gasteiger partial charge in [0.2, 0.25) is 0 Å². The minimum absolute atomic E-state index is 0.0263. The largest absolute Gasteiger partial charge is 0.508 e. The van der Waals surface area contributed by atoms with Crippen LogP contribution in [-0.4, -0.2) is 74.7 Å². The lowest BCUT2D eigenvalue weighted by Gasteiger charge is -2.40. The van der Waals surface area contributed by atoms with Gasteiger partial charge < -0.3 is 44.8 Å². The Bertz CT molecular complexity index is 1060. The van der Waals surface area contributed by atoms with Crippen LogP contribution in [0.25, 0.3) is 11.3 Å². The van der Waals surface area contributed by atoms with Crippen molar-refractivity contribution in [2.24, 2.45) is 0 Å². The van der Waals surface area contributed by atoms with Crippen molar-refractivity contribution in [3.05, 3.63) is 53.1 Å². The number of phenolic OH excluding ortho intramolecular Hbond substituents is 2. The Morgan fingerprint density at radius 1 is 1.00 bits per heavy atom. The summed E-state index contributed by atoms with van der Waals surface area (Å²) in [4.78, 5) is 12.8. The number of methoxy groups -OCH3 is 1. The first kappa shape index (κ1) is 22.1. The number of esters is 1. The maximum absolute atomic E-state index is 12.8. The molecule has 0 radical (unpaired) electrons. The van der Waals surface area contributed by atoms with E-state index in [2.05, 4.69) is 0 Å². The fourth-order valence-electron chi connectivity index (χ4n) is 3.96. The van der Waals surface area contributed by atoms with E-state index in [0.717, 1.165) is 0 Å². The molecule has 0 amide bonds. The summed E-state index contributed by atoms with van der Waals surface area (Å²) in [5.74, 6) is -1.10. The van der Waals surface area contributed by atoms with Gasteiger partial charge in [0, 0.05) is 11.1 Å². The van der Waals surface area contributed by atoms with Crippen molar-refractivity contribution in [2.45, 2.75) is 30.5 Å². The fraction of sp³-hybridized carbons (Fsp3) is 0.318. The highest BCUT2D eigenvalue weighted by Crippen LogP contribution is 2.49. The molecule has 0 aliphatic carbocycles. The van der Waals surface area contributed by atoms with Gasteiger partial charge in [-0.05, 0) is 36.4 Å². The SMILES string of the molecule is CO/C(=C1\C(=O)Oc2c1ccc(O)c2[C@H]1O[C@H](CO)[C@H](O)[C@@H](O)[C@H]1O)c1ccc(O)cc1. The molecule has 6 N–H and O–H groups in total. The predicted octanol–water partition coefficient (Wildman–Crippen LogP) is 0.0464. The van der Waals surface area contributed by atoms with Crippen LogP contribution in [0, 0.1) is 0 Å². The van der Waals surface area contributed by atoms with Crippen molar-refractivity contribution in [1.82, 2.24) is 0 Å². The number of carbonyl (C=O) groups excluding carboxylic acids is 1. The van der Waals surface area contributed by atoms with Gasteiger partial charge >= 0.3 is 5.97 Å². The van der Waals surface area contributed by atoms with Gasteiger partial charge in [-0.3, -0.25) is 0 Å². The van der Waals surface area contributed by atoms with Crippen molar-refractivity contribution in [2.75, 3.05) is 13.7 Å². The second-order valence-corrected chi connectivity index (χ2v) is 7.47. The monoisotopic (exact) mass is 446 g/mol. The van der Waals surface area contributed by atoms with Crippen molar-refractivity contribution in [3.63, 3.8) is 0 Å². The fourth-order valence-corrected chi connectivity index (χ4v) is 3.96. The number of ether oxygens (including phenoxy) is 3. The van der Waals surface area contributed by atoms with Crippen LogP contribution in [-0.2, 0) is 14.3 Å². The van der Waals surface area contributed by atoms with Crippen molar-refractivity contribution >= 4 is 17.3 Å². The molecule has 0 unspecified atom stereocenters. The molecule has 0 bridgehead atoms. The Labute approximate surface area is 182 Å². The summed E-state index contributed by atoms with van der Waals surface area (Å²) in [5.41, 5.74) is 0.639. The van der Waals surface area contributed by atoms with E-state index < -0.39 is 43.1 Å². The summed E-state index contributed by atoms with van der Waals surface area (Å²) in [5, 5.41) is 60.2. The number of aliphatic hydroxyl groups excluding tert-OH is 4. The number of benzene rings is 2. The van der Waals surface area contributed by atoms with Gasteiger partial charge in [0.15, 0.2) is 0 Å². The normalized spacial score (nSPS) is 28.8. The van der Waals surface area contributed by atoms with Crippen LogP contribution in [0.15, 0.2) is 36.4 Å². The molecule has 0 aromatic heterocycles. The second-order valence-electron chi connectivity index (χ2n) is 7.47. The van der Waals surface area contributed by atoms with E-state index >= 15 is 0 Å². The molecule has 32 heavy (non-hydrogen) atoms. The minimum Gasteiger partial charge on any atom is -0.508 e. The molecule has 4 rings (SSSR count). The molecule has 2 aromatic carbocycles. The van der Waals surface area contributed by atoms with Gasteiger partial charge in [0.05, 0.1) is 19.3 Å². The van der Waals surface area contributed by atoms with Crippen molar-refractivity contribution in [3.8, 4) is 17.2 Å². The zero-order valence-corrected chi connectivity index (χ0v) is 16.9. The van der Waals surface area contributed by atoms with Crippen LogP contribution in [0.3, 0.4) is 0 Å². The molecule has 10 nitrogen and oxygen atoms in total. The number of phenols is 2. The van der Waals surface area contributed by atoms with Gasteiger partial charge in [-0.1, -0.05) is 0 Å². The molecule has 2 aliphatic rings. The summed E-state index contributed by atoms with van der Waals surface area (Å²) in [6.45, 7) is -0.656. The summed E-state index contributed by atoms with van der Waals surface area (Å²) >= 11 is 0. The number of aliphatic hydroxyl groups is 4. The molecule has 2 aliphatic heterocycles. The maximum Gasteiger partial charge on any atom is 0.348 e. The Balaban J connectivity index is 1.86. The van der Waals surface area contributed by atoms with E-state index in [1.165, 1.54) is 31.4 Å². The van der Waals surface area contributed by atoms with Crippen LogP contribution < -0.4 is 4.74 Å². The predicted molar refractivity (Wildman–Crippen MR) is 108 cm³/mol. The van der Waals surface area contributed by atoms with Crippen LogP contribution >= 0.6 is 0 Å². The number of fused-ring (bicyclic) bond motifs is 1. The third kappa shape index (κ3) is 3.48. The van der Waals surface area contributed by atoms with Gasteiger partial charge in [-0.2, -0.15) is 0 Å². The highest BCUT2D eigenvalue weighted by molar-refractivity contribution is 6.28. The molecular weight excluding hydrogens is 424 g/mol. The van der Waals surface area contributed by atoms with Crippen molar-refractivity contribution < 1.29 is 49.6 Å². The lowest BCUT2D eigenvalue weighted by molar-refractivity contribution is -0.232. The van der Waals surface area contributed by atoms with E-state index in [1.54, 1.807) is 12.1 Å². The quantitative estimate of drug-likeness (QED) is 0.163. The molecule has 2 aromatic rings. The van der Waals surface area contributed by atoms with Gasteiger partial charge in [0.25, 0.3) is 0 Å². The van der Waals surface area contributed by atoms with Gasteiger partial charge in [-0.25, -0.2) is 4.79 Å². The molecule has 0 spiro atoms. The molecular formula is C22H22O10. The number of hydrogen-bond acceptors (Lipinski definition) is 10. The summed E-state index contributed by atoms with van der Waals surface area (Å²) < 4.78 is 16.4. The number of rotatable bonds is 4. The van der Waals surface area contributed by atoms with Crippen LogP contribution in [0.5, 0.6) is 17.2 Å². The number of aromatic hydroxyl groups is 2. The number of carbonyl (C=O) groups is 1. The van der Waals surface area contributed by atoms with E-state index in [-0.39, 0.29) is 39.7 Å². The van der Waals surface area contributed by atoms with E-state index in [9.17, 15) is 35.4 Å². The highest BCUT2D eigenvalue weighted by Gasteiger charge is 2.47. The Hall–Kier alpha value is -3.15. The Kier molecular flexibility index (Phi) is 5.80.